The number of rotatable bonds is 10. The Hall–Kier alpha value is -5.10. The number of thiocarbonyl (C=S) groups is 1. The molecule has 3 aliphatic heterocycles. The molecule has 1 fully saturated rings. The number of allylic oxidation sites excluding steroid dienone is 1. The predicted molar refractivity (Wildman–Crippen MR) is 184 cm³/mol. The second-order valence-electron chi connectivity index (χ2n) is 10.3. The van der Waals surface area contributed by atoms with Crippen molar-refractivity contribution in [3.05, 3.63) is 62.0 Å². The molecule has 1 saturated heterocycles. The summed E-state index contributed by atoms with van der Waals surface area (Å²) in [4.78, 5) is 90.2. The number of carbonyl (C=O) groups is 5. The highest BCUT2D eigenvalue weighted by Crippen LogP contribution is 2.52. The Bertz CT molecular complexity index is 2480. The third kappa shape index (κ3) is 6.72. The van der Waals surface area contributed by atoms with Crippen LogP contribution in [0.3, 0.4) is 0 Å². The number of fused-ring (bicyclic) bond motifs is 2. The van der Waals surface area contributed by atoms with E-state index in [1.54, 1.807) is 12.1 Å². The van der Waals surface area contributed by atoms with Gasteiger partial charge in [0, 0.05) is 23.1 Å². The van der Waals surface area contributed by atoms with E-state index in [2.05, 4.69) is 0 Å². The quantitative estimate of drug-likeness (QED) is 0.152. The molecule has 0 spiro atoms. The number of nitrogens with zero attached hydrogens (tertiary/aromatic N) is 4. The zero-order valence-corrected chi connectivity index (χ0v) is 29.6. The number of ether oxygens (including phenoxy) is 3. The van der Waals surface area contributed by atoms with Crippen LogP contribution in [-0.4, -0.2) is 95.6 Å². The summed E-state index contributed by atoms with van der Waals surface area (Å²) in [6.07, 6.45) is 1.26. The van der Waals surface area contributed by atoms with Gasteiger partial charge >= 0.3 is 23.9 Å². The van der Waals surface area contributed by atoms with Crippen molar-refractivity contribution in [1.29, 1.82) is 0 Å². The number of carbonyl (C=O) groups excluding carboxylic acids is 1. The molecule has 5 heterocycles. The Balaban J connectivity index is 1.62. The first kappa shape index (κ1) is 35.7. The van der Waals surface area contributed by atoms with Crippen LogP contribution in [0.5, 0.6) is 11.5 Å². The third-order valence-electron chi connectivity index (χ3n) is 7.09. The molecule has 2 aromatic heterocycles. The van der Waals surface area contributed by atoms with E-state index in [-0.39, 0.29) is 45.2 Å². The molecule has 23 heteroatoms. The number of amides is 1. The fraction of sp³-hybridized carbons (Fsp3) is 0.214. The molecule has 1 amide bonds. The lowest BCUT2D eigenvalue weighted by atomic mass is 10.2. The molecule has 1 aromatic carbocycles. The van der Waals surface area contributed by atoms with Crippen molar-refractivity contribution in [2.24, 2.45) is 0 Å². The van der Waals surface area contributed by atoms with Gasteiger partial charge in [-0.1, -0.05) is 35.7 Å². The number of aromatic nitrogens is 2. The lowest BCUT2D eigenvalue weighted by Crippen LogP contribution is -2.35. The van der Waals surface area contributed by atoms with Gasteiger partial charge < -0.3 is 39.5 Å². The van der Waals surface area contributed by atoms with E-state index in [9.17, 15) is 54.0 Å². The smallest absolute Gasteiger partial charge is 0.323 e. The van der Waals surface area contributed by atoms with Gasteiger partial charge in [-0.15, -0.1) is 22.7 Å². The predicted octanol–water partition coefficient (Wildman–Crippen LogP) is -0.336. The van der Waals surface area contributed by atoms with E-state index in [0.29, 0.717) is 56.5 Å². The maximum Gasteiger partial charge on any atom is 0.323 e. The van der Waals surface area contributed by atoms with Crippen LogP contribution in [0.2, 0.25) is 0 Å². The molecule has 51 heavy (non-hydrogen) atoms. The van der Waals surface area contributed by atoms with Crippen LogP contribution in [0, 0.1) is 9.20 Å². The first-order valence-electron chi connectivity index (χ1n) is 14.0. The number of hydrogen-bond acceptors (Lipinski definition) is 16. The number of methoxy groups -OCH3 is 1. The fourth-order valence-corrected chi connectivity index (χ4v) is 9.96. The van der Waals surface area contributed by atoms with Crippen molar-refractivity contribution >= 4 is 109 Å². The summed E-state index contributed by atoms with van der Waals surface area (Å²) < 4.78 is 17.1. The van der Waals surface area contributed by atoms with Crippen molar-refractivity contribution < 1.29 is 58.6 Å². The molecule has 266 valence electrons. The third-order valence-corrected chi connectivity index (χ3v) is 12.3. The minimum absolute atomic E-state index is 0.0108. The highest BCUT2D eigenvalue weighted by atomic mass is 32.2. The summed E-state index contributed by atoms with van der Waals surface area (Å²) in [5.74, 6) is -5.52. The Labute approximate surface area is 304 Å². The molecule has 4 N–H and O–H groups in total. The van der Waals surface area contributed by atoms with Gasteiger partial charge in [0.25, 0.3) is 17.0 Å². The lowest BCUT2D eigenvalue weighted by Gasteiger charge is -2.19. The summed E-state index contributed by atoms with van der Waals surface area (Å²) in [5, 5.41) is 38.4. The minimum atomic E-state index is -1.47. The maximum absolute atomic E-state index is 13.8. The molecule has 18 nitrogen and oxygen atoms in total. The standard InChI is InChI=1S/C28H20N4O14S5/c1-44-13(25-29(5-16(33)34)10-2-11-12(46-9-45-11)3-14(10)48-25)4-15-22(41)30(6-17(35)36)26(49-15)20-23(42)31(7-18(37)38)27(50-20)21-24(43)32(8-19(39)40)28(47)51-21/h2-4H,5-9H2,1H3,(H,33,34)(H,35,36)(H,37,38)(H,39,40)/b15-4-,25-13-,26-20+,27-21+. The fourth-order valence-electron chi connectivity index (χ4n) is 5.04. The van der Waals surface area contributed by atoms with E-state index in [0.717, 1.165) is 25.8 Å². The van der Waals surface area contributed by atoms with Crippen LogP contribution in [0.25, 0.3) is 11.0 Å². The molecular formula is C28H20N4O14S5. The molecule has 3 aliphatic rings. The number of carboxylic acids is 4. The highest BCUT2D eigenvalue weighted by molar-refractivity contribution is 8.30. The average Bonchev–Trinajstić information content (AvgIpc) is 3.85. The van der Waals surface area contributed by atoms with Crippen LogP contribution in [0.15, 0.2) is 37.4 Å². The van der Waals surface area contributed by atoms with Crippen LogP contribution < -0.4 is 34.7 Å². The molecule has 3 aromatic rings. The van der Waals surface area contributed by atoms with Crippen LogP contribution in [0.1, 0.15) is 0 Å². The number of thioether (sulfide) groups is 2. The van der Waals surface area contributed by atoms with Crippen molar-refractivity contribution in [2.75, 3.05) is 31.9 Å². The minimum Gasteiger partial charge on any atom is -0.494 e. The second kappa shape index (κ2) is 13.9. The van der Waals surface area contributed by atoms with E-state index in [1.807, 2.05) is 0 Å². The summed E-state index contributed by atoms with van der Waals surface area (Å²) in [7, 11) is 1.28. The summed E-state index contributed by atoms with van der Waals surface area (Å²) in [6.45, 7) is -3.16. The van der Waals surface area contributed by atoms with Crippen molar-refractivity contribution in [1.82, 2.24) is 14.0 Å². The maximum atomic E-state index is 13.8. The van der Waals surface area contributed by atoms with E-state index in [4.69, 9.17) is 26.4 Å². The Kier molecular flexibility index (Phi) is 9.73. The molecule has 0 atom stereocenters. The van der Waals surface area contributed by atoms with E-state index < -0.39 is 67.1 Å². The number of anilines is 1. The van der Waals surface area contributed by atoms with Gasteiger partial charge in [0.1, 0.15) is 54.3 Å². The largest absolute Gasteiger partial charge is 0.494 e. The first-order valence-corrected chi connectivity index (χ1v) is 17.6. The van der Waals surface area contributed by atoms with Gasteiger partial charge in [-0.25, -0.2) is 0 Å². The summed E-state index contributed by atoms with van der Waals surface area (Å²) in [6, 6.07) is 3.27. The highest BCUT2D eigenvalue weighted by Gasteiger charge is 2.36. The number of benzene rings is 1. The monoisotopic (exact) mass is 796 g/mol. The normalized spacial score (nSPS) is 18.0. The Morgan fingerprint density at radius 1 is 0.824 bits per heavy atom. The molecule has 0 unspecified atom stereocenters. The topological polar surface area (TPSA) is 244 Å². The zero-order valence-electron chi connectivity index (χ0n) is 25.5. The SMILES string of the molecule is COC(/C=c1\s/c(=c2/s/c(=C3/SC(=S)N(CC(=O)O)C3=O)n(CC(=O)O)c2=O)n(CC(=O)O)c1=O)=C1\Sc2cc3c(cc2N1CC(=O)O)OCO3. The van der Waals surface area contributed by atoms with Gasteiger partial charge in [-0.05, 0) is 0 Å². The van der Waals surface area contributed by atoms with Crippen LogP contribution >= 0.6 is 58.4 Å². The van der Waals surface area contributed by atoms with Gasteiger partial charge in [0.05, 0.1) is 17.3 Å². The van der Waals surface area contributed by atoms with Crippen molar-refractivity contribution in [3.63, 3.8) is 0 Å². The molecular weight excluding hydrogens is 777 g/mol. The Morgan fingerprint density at radius 2 is 1.41 bits per heavy atom. The molecule has 0 radical (unpaired) electrons. The first-order chi connectivity index (χ1) is 24.2. The van der Waals surface area contributed by atoms with Gasteiger partial charge in [-0.2, -0.15) is 0 Å². The van der Waals surface area contributed by atoms with Gasteiger partial charge in [0.2, 0.25) is 6.79 Å². The van der Waals surface area contributed by atoms with Gasteiger partial charge in [-0.3, -0.25) is 47.6 Å². The average molecular weight is 797 g/mol. The second-order valence-corrected chi connectivity index (χ2v) is 15.0. The zero-order chi connectivity index (χ0) is 36.9. The number of hydrogen-bond donors (Lipinski definition) is 4. The van der Waals surface area contributed by atoms with Crippen LogP contribution in [-0.2, 0) is 41.8 Å². The van der Waals surface area contributed by atoms with Crippen molar-refractivity contribution in [3.8, 4) is 11.5 Å². The van der Waals surface area contributed by atoms with Gasteiger partial charge in [0.15, 0.2) is 17.3 Å². The van der Waals surface area contributed by atoms with E-state index in [1.165, 1.54) is 18.1 Å². The molecule has 0 aliphatic carbocycles. The molecule has 0 saturated carbocycles. The summed E-state index contributed by atoms with van der Waals surface area (Å²) >= 11 is 8.20. The van der Waals surface area contributed by atoms with Crippen molar-refractivity contribution in [2.45, 2.75) is 18.0 Å². The number of aliphatic carboxylic acids is 4. The van der Waals surface area contributed by atoms with E-state index >= 15 is 0 Å². The number of thiazole rings is 2. The number of carboxylic acid groups (broad SMARTS) is 4. The lowest BCUT2D eigenvalue weighted by molar-refractivity contribution is -0.140. The summed E-state index contributed by atoms with van der Waals surface area (Å²) in [5.41, 5.74) is -1.38. The van der Waals surface area contributed by atoms with Crippen LogP contribution in [0.4, 0.5) is 5.69 Å². The molecule has 0 bridgehead atoms. The Morgan fingerprint density at radius 3 is 2.02 bits per heavy atom. The molecule has 6 rings (SSSR count).